The van der Waals surface area contributed by atoms with E-state index in [0.29, 0.717) is 42.2 Å². The molecule has 1 aromatic rings. The topological polar surface area (TPSA) is 78.6 Å². The first kappa shape index (κ1) is 25.0. The monoisotopic (exact) mass is 455 g/mol. The maximum absolute atomic E-state index is 12.6. The Labute approximate surface area is 197 Å². The van der Waals surface area contributed by atoms with Crippen LogP contribution in [0.1, 0.15) is 71.4 Å². The van der Waals surface area contributed by atoms with Gasteiger partial charge in [-0.25, -0.2) is 9.78 Å². The van der Waals surface area contributed by atoms with Crippen LogP contribution in [0.25, 0.3) is 6.08 Å². The van der Waals surface area contributed by atoms with Crippen LogP contribution in [0.15, 0.2) is 40.6 Å². The van der Waals surface area contributed by atoms with E-state index >= 15 is 0 Å². The zero-order chi connectivity index (χ0) is 24.0. The van der Waals surface area contributed by atoms with Gasteiger partial charge >= 0.3 is 11.9 Å². The predicted molar refractivity (Wildman–Crippen MR) is 127 cm³/mol. The first-order valence-electron chi connectivity index (χ1n) is 12.0. The van der Waals surface area contributed by atoms with E-state index in [0.717, 1.165) is 19.3 Å². The molecule has 0 bridgehead atoms. The second kappa shape index (κ2) is 11.5. The van der Waals surface area contributed by atoms with E-state index in [9.17, 15) is 9.59 Å². The Kier molecular flexibility index (Phi) is 8.70. The molecule has 5 unspecified atom stereocenters. The van der Waals surface area contributed by atoms with E-state index in [1.807, 2.05) is 6.08 Å². The zero-order valence-corrected chi connectivity index (χ0v) is 20.5. The Morgan fingerprint density at radius 3 is 2.39 bits per heavy atom. The van der Waals surface area contributed by atoms with Gasteiger partial charge in [0.2, 0.25) is 0 Å². The van der Waals surface area contributed by atoms with Crippen molar-refractivity contribution in [3.05, 3.63) is 47.7 Å². The Balaban J connectivity index is 1.79. The van der Waals surface area contributed by atoms with E-state index in [2.05, 4.69) is 37.9 Å². The maximum Gasteiger partial charge on any atom is 0.331 e. The van der Waals surface area contributed by atoms with Crippen LogP contribution in [0.4, 0.5) is 0 Å². The number of carbonyl (C=O) groups is 2. The number of rotatable bonds is 5. The lowest BCUT2D eigenvalue weighted by Crippen LogP contribution is -2.37. The van der Waals surface area contributed by atoms with Crippen molar-refractivity contribution in [3.8, 4) is 0 Å². The summed E-state index contributed by atoms with van der Waals surface area (Å²) in [6, 6.07) is 0. The number of hydrogen-bond acceptors (Lipinski definition) is 6. The van der Waals surface area contributed by atoms with Crippen LogP contribution in [0.3, 0.4) is 0 Å². The number of allylic oxidation sites excluding steroid dienone is 2. The minimum atomic E-state index is -0.377. The van der Waals surface area contributed by atoms with E-state index in [1.54, 1.807) is 13.0 Å². The van der Waals surface area contributed by atoms with Gasteiger partial charge in [-0.3, -0.25) is 4.79 Å². The van der Waals surface area contributed by atoms with Gasteiger partial charge in [-0.05, 0) is 55.9 Å². The molecule has 0 spiro atoms. The molecule has 0 aromatic carbocycles. The Morgan fingerprint density at radius 2 is 1.79 bits per heavy atom. The van der Waals surface area contributed by atoms with Crippen LogP contribution < -0.4 is 0 Å². The SMILES string of the molecule is CC(=O)OC1C/C=C\CC(OC(=O)/C=C/c2coc(C)n2)CC2C(C)=CCC(C(C)C)C2C1. The lowest BCUT2D eigenvalue weighted by Gasteiger charge is -2.42. The standard InChI is InChI=1S/C27H37NO5/c1-17(2)24-12-10-18(3)25-14-23(33-27(30)13-11-21-16-31-19(4)28-21)9-7-6-8-22(15-26(24)25)32-20(5)29/h6-7,10-11,13,16-17,22-26H,8-9,12,14-15H2,1-5H3/b7-6-,13-11+. The number of ether oxygens (including phenoxy) is 2. The van der Waals surface area contributed by atoms with Crippen molar-refractivity contribution in [2.24, 2.45) is 23.7 Å². The molecule has 0 saturated heterocycles. The fourth-order valence-electron chi connectivity index (χ4n) is 5.27. The summed E-state index contributed by atoms with van der Waals surface area (Å²) in [5.74, 6) is 1.64. The third kappa shape index (κ3) is 7.18. The highest BCUT2D eigenvalue weighted by Gasteiger charge is 2.38. The van der Waals surface area contributed by atoms with E-state index in [-0.39, 0.29) is 30.1 Å². The van der Waals surface area contributed by atoms with E-state index in [4.69, 9.17) is 13.9 Å². The minimum Gasteiger partial charge on any atom is -0.462 e. The number of esters is 2. The quantitative estimate of drug-likeness (QED) is 0.316. The summed E-state index contributed by atoms with van der Waals surface area (Å²) in [5.41, 5.74) is 1.94. The molecule has 6 nitrogen and oxygen atoms in total. The fourth-order valence-corrected chi connectivity index (χ4v) is 5.27. The molecular weight excluding hydrogens is 418 g/mol. The van der Waals surface area contributed by atoms with Crippen molar-refractivity contribution in [2.45, 2.75) is 78.9 Å². The number of hydrogen-bond donors (Lipinski definition) is 0. The van der Waals surface area contributed by atoms with E-state index < -0.39 is 0 Å². The summed E-state index contributed by atoms with van der Waals surface area (Å²) in [4.78, 5) is 28.5. The first-order valence-corrected chi connectivity index (χ1v) is 12.0. The highest BCUT2D eigenvalue weighted by molar-refractivity contribution is 5.86. The molecule has 0 amide bonds. The molecule has 0 saturated carbocycles. The minimum absolute atomic E-state index is 0.119. The number of fused-ring (bicyclic) bond motifs is 1. The smallest absolute Gasteiger partial charge is 0.331 e. The van der Waals surface area contributed by atoms with Crippen molar-refractivity contribution in [3.63, 3.8) is 0 Å². The summed E-state index contributed by atoms with van der Waals surface area (Å²) in [5, 5.41) is 0. The fraction of sp³-hybridized carbons (Fsp3) is 0.593. The van der Waals surface area contributed by atoms with Crippen LogP contribution >= 0.6 is 0 Å². The number of aryl methyl sites for hydroxylation is 1. The van der Waals surface area contributed by atoms with Gasteiger partial charge < -0.3 is 13.9 Å². The molecule has 2 aliphatic rings. The molecule has 180 valence electrons. The van der Waals surface area contributed by atoms with Gasteiger partial charge in [0.15, 0.2) is 5.89 Å². The average molecular weight is 456 g/mol. The molecule has 2 aliphatic carbocycles. The van der Waals surface area contributed by atoms with Crippen molar-refractivity contribution in [2.75, 3.05) is 0 Å². The van der Waals surface area contributed by atoms with Gasteiger partial charge in [-0.2, -0.15) is 0 Å². The van der Waals surface area contributed by atoms with Crippen LogP contribution in [-0.4, -0.2) is 29.1 Å². The van der Waals surface area contributed by atoms with Gasteiger partial charge in [0.25, 0.3) is 0 Å². The van der Waals surface area contributed by atoms with Crippen molar-refractivity contribution >= 4 is 18.0 Å². The lowest BCUT2D eigenvalue weighted by molar-refractivity contribution is -0.148. The molecule has 0 fully saturated rings. The summed E-state index contributed by atoms with van der Waals surface area (Å²) in [7, 11) is 0. The van der Waals surface area contributed by atoms with Crippen LogP contribution in [0.5, 0.6) is 0 Å². The molecular formula is C27H37NO5. The summed E-state index contributed by atoms with van der Waals surface area (Å²) in [6.07, 6.45) is 14.6. The molecule has 5 atom stereocenters. The van der Waals surface area contributed by atoms with Crippen molar-refractivity contribution in [1.82, 2.24) is 4.98 Å². The summed E-state index contributed by atoms with van der Waals surface area (Å²) in [6.45, 7) is 9.96. The lowest BCUT2D eigenvalue weighted by atomic mass is 9.64. The second-order valence-electron chi connectivity index (χ2n) is 9.69. The first-order chi connectivity index (χ1) is 15.7. The summed E-state index contributed by atoms with van der Waals surface area (Å²) >= 11 is 0. The van der Waals surface area contributed by atoms with Crippen molar-refractivity contribution in [1.29, 1.82) is 0 Å². The molecule has 0 N–H and O–H groups in total. The largest absolute Gasteiger partial charge is 0.462 e. The molecule has 6 heteroatoms. The number of nitrogens with zero attached hydrogens (tertiary/aromatic N) is 1. The molecule has 1 aromatic heterocycles. The molecule has 1 heterocycles. The van der Waals surface area contributed by atoms with Gasteiger partial charge in [-0.15, -0.1) is 0 Å². The molecule has 0 radical (unpaired) electrons. The van der Waals surface area contributed by atoms with Crippen LogP contribution in [0.2, 0.25) is 0 Å². The summed E-state index contributed by atoms with van der Waals surface area (Å²) < 4.78 is 16.7. The number of oxazole rings is 1. The second-order valence-corrected chi connectivity index (χ2v) is 9.69. The third-order valence-electron chi connectivity index (χ3n) is 6.88. The van der Waals surface area contributed by atoms with Gasteiger partial charge in [0.05, 0.1) is 0 Å². The van der Waals surface area contributed by atoms with Gasteiger partial charge in [0.1, 0.15) is 24.2 Å². The zero-order valence-electron chi connectivity index (χ0n) is 20.5. The number of carbonyl (C=O) groups excluding carboxylic acids is 2. The number of aromatic nitrogens is 1. The van der Waals surface area contributed by atoms with Crippen LogP contribution in [0, 0.1) is 30.6 Å². The Morgan fingerprint density at radius 1 is 1.09 bits per heavy atom. The Bertz CT molecular complexity index is 909. The average Bonchev–Trinajstić information content (AvgIpc) is 3.16. The normalized spacial score (nSPS) is 29.3. The predicted octanol–water partition coefficient (Wildman–Crippen LogP) is 5.82. The highest BCUT2D eigenvalue weighted by atomic mass is 16.5. The Hall–Kier alpha value is -2.63. The maximum atomic E-state index is 12.6. The molecule has 0 aliphatic heterocycles. The highest BCUT2D eigenvalue weighted by Crippen LogP contribution is 2.44. The van der Waals surface area contributed by atoms with Gasteiger partial charge in [0, 0.05) is 32.8 Å². The molecule has 33 heavy (non-hydrogen) atoms. The van der Waals surface area contributed by atoms with Crippen LogP contribution in [-0.2, 0) is 19.1 Å². The van der Waals surface area contributed by atoms with E-state index in [1.165, 1.54) is 24.8 Å². The van der Waals surface area contributed by atoms with Crippen molar-refractivity contribution < 1.29 is 23.5 Å². The van der Waals surface area contributed by atoms with Gasteiger partial charge in [-0.1, -0.05) is 37.6 Å². The third-order valence-corrected chi connectivity index (χ3v) is 6.88. The molecule has 3 rings (SSSR count).